The molecule has 0 saturated heterocycles. The average Bonchev–Trinajstić information content (AvgIpc) is 2.68. The van der Waals surface area contributed by atoms with Crippen molar-refractivity contribution in [3.63, 3.8) is 0 Å². The summed E-state index contributed by atoms with van der Waals surface area (Å²) in [6.45, 7) is 5.03. The fraction of sp³-hybridized carbons (Fsp3) is 0.692. The van der Waals surface area contributed by atoms with Crippen LogP contribution in [0.5, 0.6) is 0 Å². The first kappa shape index (κ1) is 14.5. The molecule has 1 rings (SSSR count). The minimum Gasteiger partial charge on any atom is -0.396 e. The Kier molecular flexibility index (Phi) is 5.68. The molecule has 1 heterocycles. The van der Waals surface area contributed by atoms with Crippen molar-refractivity contribution < 1.29 is 4.79 Å². The van der Waals surface area contributed by atoms with Crippen LogP contribution < -0.4 is 11.1 Å². The van der Waals surface area contributed by atoms with E-state index in [4.69, 9.17) is 5.73 Å². The van der Waals surface area contributed by atoms with Gasteiger partial charge in [-0.1, -0.05) is 33.1 Å². The Labute approximate surface area is 109 Å². The van der Waals surface area contributed by atoms with Gasteiger partial charge in [0.05, 0.1) is 5.69 Å². The summed E-state index contributed by atoms with van der Waals surface area (Å²) in [5.74, 6) is 0.363. The number of hydrogen-bond donors (Lipinski definition) is 2. The van der Waals surface area contributed by atoms with Crippen molar-refractivity contribution in [3.05, 3.63) is 11.9 Å². The van der Waals surface area contributed by atoms with Crippen LogP contribution in [0.3, 0.4) is 0 Å². The van der Waals surface area contributed by atoms with Crippen LogP contribution in [0.4, 0.5) is 5.69 Å². The predicted molar refractivity (Wildman–Crippen MR) is 73.3 cm³/mol. The van der Waals surface area contributed by atoms with E-state index in [1.54, 1.807) is 17.9 Å². The lowest BCUT2D eigenvalue weighted by Gasteiger charge is -2.14. The number of anilines is 1. The fourth-order valence-corrected chi connectivity index (χ4v) is 1.95. The molecule has 5 heteroatoms. The maximum Gasteiger partial charge on any atom is 0.273 e. The summed E-state index contributed by atoms with van der Waals surface area (Å²) in [7, 11) is 1.75. The van der Waals surface area contributed by atoms with Crippen LogP contribution in [0.1, 0.15) is 50.0 Å². The molecule has 0 aliphatic heterocycles. The molecular weight excluding hydrogens is 228 g/mol. The van der Waals surface area contributed by atoms with Gasteiger partial charge in [0.2, 0.25) is 0 Å². The number of aryl methyl sites for hydroxylation is 1. The number of carbonyl (C=O) groups is 1. The van der Waals surface area contributed by atoms with Crippen LogP contribution >= 0.6 is 0 Å². The van der Waals surface area contributed by atoms with Crippen molar-refractivity contribution in [1.29, 1.82) is 0 Å². The molecule has 0 aliphatic carbocycles. The highest BCUT2D eigenvalue weighted by Gasteiger charge is 2.15. The number of unbranched alkanes of at least 4 members (excludes halogenated alkanes) is 1. The molecule has 0 fully saturated rings. The van der Waals surface area contributed by atoms with Crippen LogP contribution in [0.2, 0.25) is 0 Å². The lowest BCUT2D eigenvalue weighted by atomic mass is 9.99. The Bertz CT molecular complexity index is 386. The van der Waals surface area contributed by atoms with E-state index in [0.717, 1.165) is 12.8 Å². The van der Waals surface area contributed by atoms with Crippen molar-refractivity contribution in [2.24, 2.45) is 13.0 Å². The van der Waals surface area contributed by atoms with Crippen molar-refractivity contribution in [3.8, 4) is 0 Å². The second-order valence-electron chi connectivity index (χ2n) is 4.73. The second-order valence-corrected chi connectivity index (χ2v) is 4.73. The van der Waals surface area contributed by atoms with Gasteiger partial charge in [-0.2, -0.15) is 5.10 Å². The van der Waals surface area contributed by atoms with Gasteiger partial charge in [0.1, 0.15) is 0 Å². The molecule has 0 aromatic carbocycles. The Morgan fingerprint density at radius 3 is 2.78 bits per heavy atom. The molecule has 0 saturated carbocycles. The molecule has 3 N–H and O–H groups in total. The monoisotopic (exact) mass is 252 g/mol. The number of nitrogens with two attached hydrogens (primary N) is 1. The number of rotatable bonds is 7. The van der Waals surface area contributed by atoms with Gasteiger partial charge in [0.15, 0.2) is 5.69 Å². The molecular formula is C13H24N4O. The number of nitrogens with zero attached hydrogens (tertiary/aromatic N) is 2. The van der Waals surface area contributed by atoms with Gasteiger partial charge in [-0.25, -0.2) is 0 Å². The third kappa shape index (κ3) is 4.05. The zero-order valence-corrected chi connectivity index (χ0v) is 11.6. The smallest absolute Gasteiger partial charge is 0.273 e. The van der Waals surface area contributed by atoms with Gasteiger partial charge in [-0.15, -0.1) is 0 Å². The summed E-state index contributed by atoms with van der Waals surface area (Å²) in [5, 5.41) is 6.97. The van der Waals surface area contributed by atoms with Crippen molar-refractivity contribution in [1.82, 2.24) is 15.1 Å². The predicted octanol–water partition coefficient (Wildman–Crippen LogP) is 1.95. The van der Waals surface area contributed by atoms with Gasteiger partial charge < -0.3 is 11.1 Å². The van der Waals surface area contributed by atoms with Gasteiger partial charge in [0, 0.05) is 19.8 Å². The second kappa shape index (κ2) is 7.03. The van der Waals surface area contributed by atoms with E-state index in [1.807, 2.05) is 0 Å². The summed E-state index contributed by atoms with van der Waals surface area (Å²) in [5.41, 5.74) is 6.47. The van der Waals surface area contributed by atoms with Crippen LogP contribution in [0, 0.1) is 5.92 Å². The molecule has 5 nitrogen and oxygen atoms in total. The lowest BCUT2D eigenvalue weighted by Crippen LogP contribution is -2.30. The van der Waals surface area contributed by atoms with Crippen LogP contribution in [-0.2, 0) is 7.05 Å². The first-order valence-electron chi connectivity index (χ1n) is 6.65. The Morgan fingerprint density at radius 2 is 2.28 bits per heavy atom. The van der Waals surface area contributed by atoms with E-state index >= 15 is 0 Å². The number of carbonyl (C=O) groups excluding carboxylic acids is 1. The molecule has 0 aliphatic rings. The van der Waals surface area contributed by atoms with Gasteiger partial charge in [0.25, 0.3) is 5.91 Å². The van der Waals surface area contributed by atoms with Crippen LogP contribution in [-0.4, -0.2) is 22.2 Å². The fourth-order valence-electron chi connectivity index (χ4n) is 1.95. The largest absolute Gasteiger partial charge is 0.396 e. The normalized spacial score (nSPS) is 12.4. The maximum atomic E-state index is 11.9. The van der Waals surface area contributed by atoms with E-state index in [-0.39, 0.29) is 5.91 Å². The first-order valence-corrected chi connectivity index (χ1v) is 6.65. The molecule has 1 unspecified atom stereocenters. The Hall–Kier alpha value is -1.52. The van der Waals surface area contributed by atoms with Crippen LogP contribution in [0.15, 0.2) is 6.20 Å². The van der Waals surface area contributed by atoms with E-state index in [2.05, 4.69) is 24.3 Å². The Morgan fingerprint density at radius 1 is 1.56 bits per heavy atom. The number of hydrogen-bond acceptors (Lipinski definition) is 3. The average molecular weight is 252 g/mol. The van der Waals surface area contributed by atoms with Crippen LogP contribution in [0.25, 0.3) is 0 Å². The standard InChI is InChI=1S/C13H24N4O/c1-4-6-7-10(5-2)8-15-13(18)12-11(14)9-17(3)16-12/h9-10H,4-8,14H2,1-3H3,(H,15,18). The van der Waals surface area contributed by atoms with E-state index in [1.165, 1.54) is 12.8 Å². The molecule has 1 aromatic rings. The third-order valence-electron chi connectivity index (χ3n) is 3.17. The van der Waals surface area contributed by atoms with Gasteiger partial charge in [-0.3, -0.25) is 9.48 Å². The zero-order chi connectivity index (χ0) is 13.5. The van der Waals surface area contributed by atoms with Crippen molar-refractivity contribution >= 4 is 11.6 Å². The topological polar surface area (TPSA) is 72.9 Å². The molecule has 0 radical (unpaired) electrons. The Balaban J connectivity index is 2.47. The molecule has 1 amide bonds. The number of aromatic nitrogens is 2. The number of nitrogens with one attached hydrogen (secondary N) is 1. The summed E-state index contributed by atoms with van der Waals surface area (Å²) >= 11 is 0. The lowest BCUT2D eigenvalue weighted by molar-refractivity contribution is 0.0941. The quantitative estimate of drug-likeness (QED) is 0.779. The first-order chi connectivity index (χ1) is 8.58. The summed E-state index contributed by atoms with van der Waals surface area (Å²) in [4.78, 5) is 11.9. The minimum absolute atomic E-state index is 0.178. The molecule has 1 aromatic heterocycles. The zero-order valence-electron chi connectivity index (χ0n) is 11.6. The molecule has 102 valence electrons. The summed E-state index contributed by atoms with van der Waals surface area (Å²) in [6.07, 6.45) is 6.28. The highest BCUT2D eigenvalue weighted by Crippen LogP contribution is 2.12. The molecule has 18 heavy (non-hydrogen) atoms. The number of amides is 1. The van der Waals surface area contributed by atoms with Crippen molar-refractivity contribution in [2.75, 3.05) is 12.3 Å². The SMILES string of the molecule is CCCCC(CC)CNC(=O)c1nn(C)cc1N. The van der Waals surface area contributed by atoms with E-state index < -0.39 is 0 Å². The molecule has 0 bridgehead atoms. The summed E-state index contributed by atoms with van der Waals surface area (Å²) < 4.78 is 1.55. The molecule has 0 spiro atoms. The third-order valence-corrected chi connectivity index (χ3v) is 3.17. The summed E-state index contributed by atoms with van der Waals surface area (Å²) in [6, 6.07) is 0. The van der Waals surface area contributed by atoms with E-state index in [0.29, 0.717) is 23.8 Å². The number of nitrogen functional groups attached to an aromatic ring is 1. The minimum atomic E-state index is -0.178. The van der Waals surface area contributed by atoms with Gasteiger partial charge >= 0.3 is 0 Å². The van der Waals surface area contributed by atoms with Crippen molar-refractivity contribution in [2.45, 2.75) is 39.5 Å². The molecule has 1 atom stereocenters. The highest BCUT2D eigenvalue weighted by molar-refractivity contribution is 5.96. The van der Waals surface area contributed by atoms with E-state index in [9.17, 15) is 4.79 Å². The highest BCUT2D eigenvalue weighted by atomic mass is 16.1. The maximum absolute atomic E-state index is 11.9. The van der Waals surface area contributed by atoms with Gasteiger partial charge in [-0.05, 0) is 12.3 Å².